The maximum Gasteiger partial charge on any atom is 0.354 e. The highest BCUT2D eigenvalue weighted by Gasteiger charge is 2.40. The Kier molecular flexibility index (Phi) is 8.07. The molecular weight excluding hydrogens is 617 g/mol. The van der Waals surface area contributed by atoms with Crippen molar-refractivity contribution in [3.05, 3.63) is 76.5 Å². The van der Waals surface area contributed by atoms with Gasteiger partial charge in [-0.2, -0.15) is 4.98 Å². The number of aromatic hydroxyl groups is 1. The lowest BCUT2D eigenvalue weighted by Gasteiger charge is -2.45. The summed E-state index contributed by atoms with van der Waals surface area (Å²) in [6.07, 6.45) is 2.61. The van der Waals surface area contributed by atoms with Gasteiger partial charge in [0.2, 0.25) is 5.91 Å². The van der Waals surface area contributed by atoms with Crippen LogP contribution in [-0.2, 0) is 4.79 Å². The highest BCUT2D eigenvalue weighted by Crippen LogP contribution is 2.48. The number of amides is 1. The molecule has 46 heavy (non-hydrogen) atoms. The first-order valence-corrected chi connectivity index (χ1v) is 16.0. The minimum Gasteiger partial charge on any atom is -0.507 e. The molecule has 2 unspecified atom stereocenters. The van der Waals surface area contributed by atoms with Gasteiger partial charge in [-0.25, -0.2) is 27.9 Å². The van der Waals surface area contributed by atoms with E-state index in [9.17, 15) is 14.7 Å². The van der Waals surface area contributed by atoms with E-state index in [4.69, 9.17) is 0 Å². The van der Waals surface area contributed by atoms with Crippen molar-refractivity contribution in [1.29, 1.82) is 0 Å². The monoisotopic (exact) mass is 650 g/mol. The number of thioether (sulfide) groups is 1. The maximum atomic E-state index is 17.3. The number of carbonyl (C=O) groups is 1. The number of phenols is 1. The fourth-order valence-corrected chi connectivity index (χ4v) is 7.63. The number of aromatic nitrogens is 4. The van der Waals surface area contributed by atoms with Crippen LogP contribution in [0.1, 0.15) is 57.8 Å². The molecule has 9 nitrogen and oxygen atoms in total. The van der Waals surface area contributed by atoms with Crippen molar-refractivity contribution in [2.24, 2.45) is 0 Å². The molecule has 0 radical (unpaired) electrons. The Labute approximate surface area is 267 Å². The van der Waals surface area contributed by atoms with Crippen molar-refractivity contribution < 1.29 is 23.1 Å². The predicted octanol–water partition coefficient (Wildman–Crippen LogP) is 5.91. The zero-order valence-electron chi connectivity index (χ0n) is 26.0. The number of hydrogen-bond donors (Lipinski definition) is 1. The summed E-state index contributed by atoms with van der Waals surface area (Å²) in [5, 5.41) is 10.7. The molecule has 240 valence electrons. The first-order chi connectivity index (χ1) is 21.9. The number of carbonyl (C=O) groups excluding carboxylic acids is 1. The molecule has 13 heteroatoms. The van der Waals surface area contributed by atoms with Crippen molar-refractivity contribution in [2.75, 3.05) is 23.7 Å². The Morgan fingerprint density at radius 1 is 1.07 bits per heavy atom. The van der Waals surface area contributed by atoms with E-state index in [2.05, 4.69) is 21.5 Å². The van der Waals surface area contributed by atoms with Gasteiger partial charge in [0, 0.05) is 24.9 Å². The summed E-state index contributed by atoms with van der Waals surface area (Å²) in [5.41, 5.74) is -1.54. The Balaban J connectivity index is 1.79. The summed E-state index contributed by atoms with van der Waals surface area (Å²) in [6.45, 7) is 13.4. The van der Waals surface area contributed by atoms with E-state index in [0.29, 0.717) is 11.4 Å². The zero-order valence-corrected chi connectivity index (χ0v) is 26.8. The maximum absolute atomic E-state index is 17.3. The standard InChI is InChI=1S/C33H33F3N6O3S/c1-7-21(44)40-12-18-13-46-31-24-29(25(35)23(26(31)36)22-19(34)9-8-10-20(22)43)42(33(45)39-32(24)41(18)11-17(40)6)30-27(15(2)3)37-14-38-28(30)16(4)5/h7-10,14-18,43H,1,11-13H2,2-6H3. The third-order valence-electron chi connectivity index (χ3n) is 8.58. The molecule has 1 fully saturated rings. The first-order valence-electron chi connectivity index (χ1n) is 15.0. The summed E-state index contributed by atoms with van der Waals surface area (Å²) >= 11 is 1.06. The first kappa shape index (κ1) is 31.6. The zero-order chi connectivity index (χ0) is 33.2. The van der Waals surface area contributed by atoms with Gasteiger partial charge in [-0.05, 0) is 37.0 Å². The quantitative estimate of drug-likeness (QED) is 0.266. The van der Waals surface area contributed by atoms with Gasteiger partial charge in [0.1, 0.15) is 29.5 Å². The molecule has 2 aromatic heterocycles. The second kappa shape index (κ2) is 11.8. The smallest absolute Gasteiger partial charge is 0.354 e. The van der Waals surface area contributed by atoms with E-state index in [1.807, 2.05) is 39.5 Å². The van der Waals surface area contributed by atoms with Crippen LogP contribution < -0.4 is 10.6 Å². The van der Waals surface area contributed by atoms with Gasteiger partial charge in [-0.3, -0.25) is 9.36 Å². The lowest BCUT2D eigenvalue weighted by molar-refractivity contribution is -0.128. The number of halogens is 3. The van der Waals surface area contributed by atoms with E-state index >= 15 is 13.2 Å². The molecule has 2 aliphatic rings. The highest BCUT2D eigenvalue weighted by molar-refractivity contribution is 7.99. The number of phenolic OH excluding ortho intramolecular Hbond substituents is 1. The predicted molar refractivity (Wildman–Crippen MR) is 171 cm³/mol. The Bertz CT molecular complexity index is 1930. The topological polar surface area (TPSA) is 104 Å². The largest absolute Gasteiger partial charge is 0.507 e. The van der Waals surface area contributed by atoms with Gasteiger partial charge in [0.05, 0.1) is 50.0 Å². The van der Waals surface area contributed by atoms with Crippen molar-refractivity contribution in [1.82, 2.24) is 24.4 Å². The van der Waals surface area contributed by atoms with Gasteiger partial charge in [0.25, 0.3) is 0 Å². The average molecular weight is 651 g/mol. The van der Waals surface area contributed by atoms with Gasteiger partial charge < -0.3 is 14.9 Å². The molecule has 2 aromatic carbocycles. The van der Waals surface area contributed by atoms with Crippen molar-refractivity contribution in [3.63, 3.8) is 0 Å². The van der Waals surface area contributed by atoms with Crippen LogP contribution in [0.4, 0.5) is 19.0 Å². The molecule has 0 saturated carbocycles. The molecule has 6 rings (SSSR count). The van der Waals surface area contributed by atoms with Gasteiger partial charge >= 0.3 is 5.69 Å². The molecule has 0 bridgehead atoms. The van der Waals surface area contributed by atoms with Crippen molar-refractivity contribution in [3.8, 4) is 22.6 Å². The van der Waals surface area contributed by atoms with Crippen LogP contribution >= 0.6 is 11.8 Å². The molecule has 1 N–H and O–H groups in total. The minimum absolute atomic E-state index is 0.0330. The SMILES string of the molecule is C=CC(=O)N1CC2CSc3c(F)c(-c4c(O)cccc4F)c(F)c4c3c(nc(=O)n4-c3c(C(C)C)ncnc3C(C)C)N2CC1C. The Morgan fingerprint density at radius 3 is 2.35 bits per heavy atom. The van der Waals surface area contributed by atoms with E-state index in [0.717, 1.165) is 28.5 Å². The Hall–Kier alpha value is -4.39. The lowest BCUT2D eigenvalue weighted by Crippen LogP contribution is -2.60. The fourth-order valence-electron chi connectivity index (χ4n) is 6.42. The third kappa shape index (κ3) is 4.83. The van der Waals surface area contributed by atoms with Gasteiger partial charge in [-0.15, -0.1) is 11.8 Å². The summed E-state index contributed by atoms with van der Waals surface area (Å²) in [6, 6.07) is 2.61. The summed E-state index contributed by atoms with van der Waals surface area (Å²) in [7, 11) is 0. The van der Waals surface area contributed by atoms with Gasteiger partial charge in [-0.1, -0.05) is 40.3 Å². The molecule has 1 saturated heterocycles. The second-order valence-electron chi connectivity index (χ2n) is 12.2. The van der Waals surface area contributed by atoms with Crippen LogP contribution in [0, 0.1) is 17.5 Å². The molecule has 2 aliphatic heterocycles. The van der Waals surface area contributed by atoms with Crippen LogP contribution in [0.2, 0.25) is 0 Å². The van der Waals surface area contributed by atoms with Crippen LogP contribution in [0.3, 0.4) is 0 Å². The number of anilines is 1. The molecule has 4 aromatic rings. The molecular formula is C33H33F3N6O3S. The molecule has 0 aliphatic carbocycles. The number of rotatable bonds is 5. The van der Waals surface area contributed by atoms with Crippen LogP contribution in [0.15, 0.2) is 46.9 Å². The number of benzene rings is 2. The normalized spacial score (nSPS) is 17.9. The number of hydrogen-bond acceptors (Lipinski definition) is 8. The molecule has 0 spiro atoms. The van der Waals surface area contributed by atoms with E-state index in [-0.39, 0.29) is 69.9 Å². The summed E-state index contributed by atoms with van der Waals surface area (Å²) in [5.74, 6) is -4.47. The Morgan fingerprint density at radius 2 is 1.74 bits per heavy atom. The van der Waals surface area contributed by atoms with Crippen molar-refractivity contribution in [2.45, 2.75) is 63.4 Å². The third-order valence-corrected chi connectivity index (χ3v) is 9.80. The fraction of sp³-hybridized carbons (Fsp3) is 0.364. The molecule has 2 atom stereocenters. The van der Waals surface area contributed by atoms with E-state index in [1.165, 1.54) is 18.5 Å². The van der Waals surface area contributed by atoms with Crippen LogP contribution in [0.25, 0.3) is 27.7 Å². The highest BCUT2D eigenvalue weighted by atomic mass is 32.2. The van der Waals surface area contributed by atoms with Crippen molar-refractivity contribution >= 4 is 34.4 Å². The van der Waals surface area contributed by atoms with Crippen LogP contribution in [0.5, 0.6) is 5.75 Å². The summed E-state index contributed by atoms with van der Waals surface area (Å²) in [4.78, 5) is 43.8. The minimum atomic E-state index is -1.24. The van der Waals surface area contributed by atoms with Gasteiger partial charge in [0.15, 0.2) is 5.82 Å². The number of nitrogens with zero attached hydrogens (tertiary/aromatic N) is 6. The average Bonchev–Trinajstić information content (AvgIpc) is 3.16. The van der Waals surface area contributed by atoms with Crippen LogP contribution in [-0.4, -0.2) is 66.4 Å². The second-order valence-corrected chi connectivity index (χ2v) is 13.2. The molecule has 1 amide bonds. The molecule has 4 heterocycles. The van der Waals surface area contributed by atoms with E-state index in [1.54, 1.807) is 4.90 Å². The number of piperazine rings is 1. The summed E-state index contributed by atoms with van der Waals surface area (Å²) < 4.78 is 50.5. The lowest BCUT2D eigenvalue weighted by atomic mass is 9.98. The van der Waals surface area contributed by atoms with E-state index < -0.39 is 46.1 Å². The number of fused-ring (bicyclic) bond motifs is 2.